The van der Waals surface area contributed by atoms with Gasteiger partial charge in [0.15, 0.2) is 0 Å². The molecular weight excluding hydrogens is 202 g/mol. The van der Waals surface area contributed by atoms with Crippen molar-refractivity contribution in [3.05, 3.63) is 42.9 Å². The normalized spacial score (nSPS) is 39.6. The molecular formula is C13H19NO2. The van der Waals surface area contributed by atoms with Crippen molar-refractivity contribution in [3.8, 4) is 0 Å². The number of aliphatic hydroxyl groups excluding tert-OH is 1. The maximum atomic E-state index is 10.7. The van der Waals surface area contributed by atoms with Crippen molar-refractivity contribution in [2.24, 2.45) is 5.92 Å². The largest absolute Gasteiger partial charge is 0.465 e. The molecule has 1 aliphatic heterocycles. The minimum absolute atomic E-state index is 0.00819. The van der Waals surface area contributed by atoms with Gasteiger partial charge in [-0.2, -0.15) is 7.05 Å². The molecule has 3 nitrogen and oxygen atoms in total. The van der Waals surface area contributed by atoms with Crippen LogP contribution in [0.1, 0.15) is 12.5 Å². The highest BCUT2D eigenvalue weighted by Crippen LogP contribution is 2.33. The first-order valence-corrected chi connectivity index (χ1v) is 5.67. The van der Waals surface area contributed by atoms with Gasteiger partial charge < -0.3 is 15.1 Å². The Bertz CT molecular complexity index is 340. The molecule has 0 amide bonds. The number of likely N-dealkylation sites (tertiary alicyclic amines) is 1. The third-order valence-electron chi connectivity index (χ3n) is 3.57. The van der Waals surface area contributed by atoms with E-state index >= 15 is 0 Å². The van der Waals surface area contributed by atoms with Crippen LogP contribution < -0.4 is 4.90 Å². The Labute approximate surface area is 96.3 Å². The third kappa shape index (κ3) is 1.75. The number of rotatable bonds is 1. The lowest BCUT2D eigenvalue weighted by molar-refractivity contribution is -0.871. The predicted octanol–water partition coefficient (Wildman–Crippen LogP) is -0.439. The molecule has 3 N–H and O–H groups in total. The maximum absolute atomic E-state index is 10.7. The van der Waals surface area contributed by atoms with E-state index in [0.29, 0.717) is 6.54 Å². The Morgan fingerprint density at radius 2 is 1.94 bits per heavy atom. The number of aliphatic hydroxyl groups is 2. The van der Waals surface area contributed by atoms with E-state index in [2.05, 4.69) is 7.05 Å². The van der Waals surface area contributed by atoms with Crippen LogP contribution in [0.2, 0.25) is 0 Å². The second-order valence-corrected chi connectivity index (χ2v) is 4.77. The van der Waals surface area contributed by atoms with Gasteiger partial charge in [0.25, 0.3) is 0 Å². The Morgan fingerprint density at radius 3 is 2.50 bits per heavy atom. The fourth-order valence-electron chi connectivity index (χ4n) is 2.61. The summed E-state index contributed by atoms with van der Waals surface area (Å²) in [5, 5.41) is 20.8. The average molecular weight is 221 g/mol. The van der Waals surface area contributed by atoms with Gasteiger partial charge >= 0.3 is 0 Å². The fourth-order valence-corrected chi connectivity index (χ4v) is 2.61. The fraction of sp³-hybridized carbons (Fsp3) is 0.462. The zero-order valence-electron chi connectivity index (χ0n) is 9.56. The maximum Gasteiger partial charge on any atom is 0.134 e. The van der Waals surface area contributed by atoms with Crippen LogP contribution >= 0.6 is 0 Å². The summed E-state index contributed by atoms with van der Waals surface area (Å²) in [5.41, 5.74) is -0.342. The van der Waals surface area contributed by atoms with E-state index in [1.807, 2.05) is 37.3 Å². The predicted molar refractivity (Wildman–Crippen MR) is 61.6 cm³/mol. The van der Waals surface area contributed by atoms with Crippen LogP contribution in [0.25, 0.3) is 0 Å². The van der Waals surface area contributed by atoms with Gasteiger partial charge in [-0.25, -0.2) is 0 Å². The molecule has 1 aromatic rings. The van der Waals surface area contributed by atoms with E-state index in [1.54, 1.807) is 0 Å². The van der Waals surface area contributed by atoms with Gasteiger partial charge in [-0.3, -0.25) is 0 Å². The number of hydrogen-bond acceptors (Lipinski definition) is 2. The van der Waals surface area contributed by atoms with Crippen LogP contribution in [0.4, 0.5) is 0 Å². The number of quaternary nitrogens is 1. The highest BCUT2D eigenvalue weighted by atomic mass is 16.3. The van der Waals surface area contributed by atoms with Gasteiger partial charge in [0.2, 0.25) is 0 Å². The van der Waals surface area contributed by atoms with E-state index < -0.39 is 11.7 Å². The Morgan fingerprint density at radius 1 is 1.31 bits per heavy atom. The molecule has 4 atom stereocenters. The van der Waals surface area contributed by atoms with Gasteiger partial charge in [-0.15, -0.1) is 0 Å². The molecule has 88 valence electrons. The first-order valence-electron chi connectivity index (χ1n) is 5.67. The molecule has 1 saturated heterocycles. The molecule has 16 heavy (non-hydrogen) atoms. The minimum atomic E-state index is -1.14. The van der Waals surface area contributed by atoms with Crippen molar-refractivity contribution in [1.29, 1.82) is 0 Å². The second kappa shape index (κ2) is 4.17. The molecule has 0 aromatic heterocycles. The number of piperidine rings is 1. The summed E-state index contributed by atoms with van der Waals surface area (Å²) in [6.45, 7) is 3.21. The Hall–Kier alpha value is -0.900. The van der Waals surface area contributed by atoms with Gasteiger partial charge in [-0.05, 0) is 5.56 Å². The summed E-state index contributed by atoms with van der Waals surface area (Å²) < 4.78 is 0. The highest BCUT2D eigenvalue weighted by Gasteiger charge is 2.47. The smallest absolute Gasteiger partial charge is 0.134 e. The van der Waals surface area contributed by atoms with Crippen LogP contribution in [0.5, 0.6) is 0 Å². The van der Waals surface area contributed by atoms with E-state index in [1.165, 1.54) is 0 Å². The third-order valence-corrected chi connectivity index (χ3v) is 3.57. The van der Waals surface area contributed by atoms with Crippen LogP contribution in [-0.2, 0) is 5.60 Å². The summed E-state index contributed by atoms with van der Waals surface area (Å²) in [6.07, 6.45) is -0.758. The van der Waals surface area contributed by atoms with Gasteiger partial charge in [0.1, 0.15) is 11.7 Å². The topological polar surface area (TPSA) is 44.9 Å². The first kappa shape index (κ1) is 11.6. The van der Waals surface area contributed by atoms with Crippen molar-refractivity contribution in [1.82, 2.24) is 0 Å². The molecule has 0 bridgehead atoms. The van der Waals surface area contributed by atoms with Crippen molar-refractivity contribution < 1.29 is 15.1 Å². The van der Waals surface area contributed by atoms with Crippen molar-refractivity contribution in [2.45, 2.75) is 18.6 Å². The van der Waals surface area contributed by atoms with Crippen molar-refractivity contribution in [3.63, 3.8) is 0 Å². The van der Waals surface area contributed by atoms with E-state index in [-0.39, 0.29) is 5.92 Å². The lowest BCUT2D eigenvalue weighted by Gasteiger charge is -2.46. The molecule has 0 saturated carbocycles. The van der Waals surface area contributed by atoms with Crippen LogP contribution in [-0.4, -0.2) is 29.4 Å². The molecule has 1 heterocycles. The molecule has 3 heteroatoms. The molecule has 1 aliphatic rings. The Kier molecular flexibility index (Phi) is 3.02. The summed E-state index contributed by atoms with van der Waals surface area (Å²) in [5.74, 6) is -0.00819. The monoisotopic (exact) mass is 221 g/mol. The second-order valence-electron chi connectivity index (χ2n) is 4.77. The molecule has 2 unspecified atom stereocenters. The number of nitrogens with one attached hydrogen (secondary N) is 1. The van der Waals surface area contributed by atoms with Crippen molar-refractivity contribution >= 4 is 0 Å². The zero-order chi connectivity index (χ0) is 11.8. The molecule has 2 rings (SSSR count). The average Bonchev–Trinajstić information content (AvgIpc) is 2.27. The SMILES string of the molecule is [CH2-][NH+]1CC(C)[C@](O)(c2ccccc2)[C@@H](O)C1. The van der Waals surface area contributed by atoms with Gasteiger partial charge in [0, 0.05) is 5.92 Å². The van der Waals surface area contributed by atoms with Gasteiger partial charge in [0.05, 0.1) is 13.1 Å². The van der Waals surface area contributed by atoms with Gasteiger partial charge in [-0.1, -0.05) is 37.3 Å². The highest BCUT2D eigenvalue weighted by molar-refractivity contribution is 5.25. The van der Waals surface area contributed by atoms with E-state index in [0.717, 1.165) is 17.0 Å². The summed E-state index contributed by atoms with van der Waals surface area (Å²) >= 11 is 0. The van der Waals surface area contributed by atoms with Crippen LogP contribution in [0, 0.1) is 13.0 Å². The molecule has 0 aliphatic carbocycles. The first-order chi connectivity index (χ1) is 7.55. The van der Waals surface area contributed by atoms with Crippen LogP contribution in [0.15, 0.2) is 30.3 Å². The molecule has 0 radical (unpaired) electrons. The van der Waals surface area contributed by atoms with E-state index in [9.17, 15) is 10.2 Å². The lowest BCUT2D eigenvalue weighted by Crippen LogP contribution is -3.11. The lowest BCUT2D eigenvalue weighted by atomic mass is 9.75. The molecule has 1 aromatic carbocycles. The summed E-state index contributed by atoms with van der Waals surface area (Å²) in [6, 6.07) is 9.42. The van der Waals surface area contributed by atoms with E-state index in [4.69, 9.17) is 0 Å². The standard InChI is InChI=1S/C13H19NO2/c1-10-8-14(2)9-12(15)13(10,16)11-6-4-3-5-7-11/h3-7,10,12,14-16H,2,8-9H2,1H3/t10?,12-,13-/m0/s1. The molecule has 0 spiro atoms. The molecule has 1 fully saturated rings. The summed E-state index contributed by atoms with van der Waals surface area (Å²) in [4.78, 5) is 1.01. The van der Waals surface area contributed by atoms with Crippen LogP contribution in [0.3, 0.4) is 0 Å². The van der Waals surface area contributed by atoms with Crippen molar-refractivity contribution in [2.75, 3.05) is 13.1 Å². The number of benzene rings is 1. The zero-order valence-corrected chi connectivity index (χ0v) is 9.56. The quantitative estimate of drug-likeness (QED) is 0.563. The minimum Gasteiger partial charge on any atom is -0.465 e. The summed E-state index contributed by atoms with van der Waals surface area (Å²) in [7, 11) is 3.90. The number of hydrogen-bond donors (Lipinski definition) is 3. The Balaban J connectivity index is 2.36.